The summed E-state index contributed by atoms with van der Waals surface area (Å²) >= 11 is 1.14. The number of nitrogens with one attached hydrogen (secondary N) is 1. The van der Waals surface area contributed by atoms with E-state index >= 15 is 0 Å². The third kappa shape index (κ3) is 4.67. The van der Waals surface area contributed by atoms with Crippen LogP contribution in [-0.2, 0) is 18.0 Å². The summed E-state index contributed by atoms with van der Waals surface area (Å²) in [5, 5.41) is 10.7. The fraction of sp³-hybridized carbons (Fsp3) is 0.286. The van der Waals surface area contributed by atoms with E-state index < -0.39 is 29.0 Å². The Kier molecular flexibility index (Phi) is 6.00. The van der Waals surface area contributed by atoms with Crippen LogP contribution in [0.5, 0.6) is 11.5 Å². The van der Waals surface area contributed by atoms with Crippen molar-refractivity contribution < 1.29 is 27.4 Å². The maximum Gasteiger partial charge on any atom is 0.416 e. The molecule has 0 spiro atoms. The highest BCUT2D eigenvalue weighted by molar-refractivity contribution is 8.00. The molecule has 2 heterocycles. The van der Waals surface area contributed by atoms with Gasteiger partial charge in [0.2, 0.25) is 5.91 Å². The first kappa shape index (κ1) is 22.0. The number of halogens is 3. The molecule has 7 nitrogen and oxygen atoms in total. The van der Waals surface area contributed by atoms with Crippen molar-refractivity contribution in [1.82, 2.24) is 14.8 Å². The van der Waals surface area contributed by atoms with E-state index in [2.05, 4.69) is 15.5 Å². The quantitative estimate of drug-likeness (QED) is 0.562. The molecule has 2 unspecified atom stereocenters. The van der Waals surface area contributed by atoms with Gasteiger partial charge in [0.1, 0.15) is 6.61 Å². The van der Waals surface area contributed by atoms with Crippen molar-refractivity contribution in [3.8, 4) is 11.5 Å². The van der Waals surface area contributed by atoms with Crippen LogP contribution in [0.2, 0.25) is 0 Å². The van der Waals surface area contributed by atoms with Gasteiger partial charge in [-0.2, -0.15) is 13.2 Å². The predicted molar refractivity (Wildman–Crippen MR) is 112 cm³/mol. The van der Waals surface area contributed by atoms with Crippen molar-refractivity contribution >= 4 is 23.4 Å². The van der Waals surface area contributed by atoms with Gasteiger partial charge in [-0.15, -0.1) is 10.2 Å². The molecule has 1 N–H and O–H groups in total. The molecule has 0 radical (unpaired) electrons. The first-order valence-electron chi connectivity index (χ1n) is 9.65. The second-order valence-corrected chi connectivity index (χ2v) is 8.40. The number of rotatable bonds is 5. The fourth-order valence-corrected chi connectivity index (χ4v) is 3.91. The number of amides is 1. The van der Waals surface area contributed by atoms with Crippen molar-refractivity contribution in [3.63, 3.8) is 0 Å². The molecule has 1 aliphatic heterocycles. The second-order valence-electron chi connectivity index (χ2n) is 7.09. The number of benzene rings is 2. The molecule has 0 bridgehead atoms. The zero-order valence-corrected chi connectivity index (χ0v) is 17.9. The second kappa shape index (κ2) is 8.73. The maximum absolute atomic E-state index is 12.9. The molecule has 0 saturated carbocycles. The van der Waals surface area contributed by atoms with E-state index in [0.717, 1.165) is 23.9 Å². The lowest BCUT2D eigenvalue weighted by atomic mass is 10.2. The smallest absolute Gasteiger partial charge is 0.416 e. The first-order valence-corrected chi connectivity index (χ1v) is 10.5. The van der Waals surface area contributed by atoms with Gasteiger partial charge in [-0.05, 0) is 37.3 Å². The predicted octanol–water partition coefficient (Wildman–Crippen LogP) is 4.47. The van der Waals surface area contributed by atoms with E-state index in [1.54, 1.807) is 24.6 Å². The number of hydrogen-bond donors (Lipinski definition) is 1. The van der Waals surface area contributed by atoms with E-state index in [9.17, 15) is 18.0 Å². The Morgan fingerprint density at radius 1 is 1.19 bits per heavy atom. The molecule has 0 saturated heterocycles. The van der Waals surface area contributed by atoms with Crippen LogP contribution in [0.3, 0.4) is 0 Å². The largest absolute Gasteiger partial charge is 0.485 e. The summed E-state index contributed by atoms with van der Waals surface area (Å²) in [5.74, 6) is 1.34. The molecule has 1 aromatic heterocycles. The molecule has 32 heavy (non-hydrogen) atoms. The maximum atomic E-state index is 12.9. The summed E-state index contributed by atoms with van der Waals surface area (Å²) in [6, 6.07) is 11.8. The van der Waals surface area contributed by atoms with Crippen molar-refractivity contribution in [2.75, 3.05) is 11.9 Å². The molecular weight excluding hydrogens is 445 g/mol. The average Bonchev–Trinajstić information content (AvgIpc) is 3.13. The van der Waals surface area contributed by atoms with E-state index in [-0.39, 0.29) is 12.3 Å². The van der Waals surface area contributed by atoms with Gasteiger partial charge in [-0.1, -0.05) is 30.0 Å². The topological polar surface area (TPSA) is 78.3 Å². The number of hydrogen-bond acceptors (Lipinski definition) is 6. The number of anilines is 1. The number of para-hydroxylation sites is 2. The number of alkyl halides is 3. The highest BCUT2D eigenvalue weighted by atomic mass is 32.2. The Hall–Kier alpha value is -3.21. The summed E-state index contributed by atoms with van der Waals surface area (Å²) in [6.07, 6.45) is -4.95. The minimum absolute atomic E-state index is 0.0716. The third-order valence-electron chi connectivity index (χ3n) is 4.77. The van der Waals surface area contributed by atoms with Crippen molar-refractivity contribution in [2.24, 2.45) is 7.05 Å². The van der Waals surface area contributed by atoms with Crippen LogP contribution in [0.15, 0.2) is 53.7 Å². The summed E-state index contributed by atoms with van der Waals surface area (Å²) in [5.41, 5.74) is -0.757. The van der Waals surface area contributed by atoms with E-state index in [1.165, 1.54) is 12.1 Å². The van der Waals surface area contributed by atoms with E-state index in [0.29, 0.717) is 22.5 Å². The Labute approximate surface area is 185 Å². The van der Waals surface area contributed by atoms with Gasteiger partial charge < -0.3 is 19.4 Å². The zero-order chi connectivity index (χ0) is 22.9. The summed E-state index contributed by atoms with van der Waals surface area (Å²) in [6.45, 7) is 1.90. The minimum Gasteiger partial charge on any atom is -0.485 e. The van der Waals surface area contributed by atoms with Crippen molar-refractivity contribution in [1.29, 1.82) is 0 Å². The minimum atomic E-state index is -4.48. The Morgan fingerprint density at radius 2 is 1.94 bits per heavy atom. The van der Waals surface area contributed by atoms with Crippen molar-refractivity contribution in [3.05, 3.63) is 59.9 Å². The highest BCUT2D eigenvalue weighted by Crippen LogP contribution is 2.36. The molecule has 2 aromatic carbocycles. The number of carbonyl (C=O) groups excluding carboxylic acids is 1. The van der Waals surface area contributed by atoms with Gasteiger partial charge in [0, 0.05) is 12.7 Å². The van der Waals surface area contributed by atoms with Crippen LogP contribution in [0.4, 0.5) is 18.9 Å². The molecule has 3 aromatic rings. The number of nitrogens with zero attached hydrogens (tertiary/aromatic N) is 3. The van der Waals surface area contributed by atoms with Gasteiger partial charge >= 0.3 is 6.18 Å². The molecule has 4 rings (SSSR count). The normalized spacial score (nSPS) is 16.5. The van der Waals surface area contributed by atoms with Crippen LogP contribution in [0, 0.1) is 0 Å². The van der Waals surface area contributed by atoms with Gasteiger partial charge in [-0.25, -0.2) is 0 Å². The zero-order valence-electron chi connectivity index (χ0n) is 17.1. The molecular formula is C21H19F3N4O3S. The number of aromatic nitrogens is 3. The summed E-state index contributed by atoms with van der Waals surface area (Å²) in [4.78, 5) is 12.5. The average molecular weight is 464 g/mol. The summed E-state index contributed by atoms with van der Waals surface area (Å²) < 4.78 is 52.0. The van der Waals surface area contributed by atoms with Gasteiger partial charge in [-0.3, -0.25) is 4.79 Å². The summed E-state index contributed by atoms with van der Waals surface area (Å²) in [7, 11) is 1.75. The van der Waals surface area contributed by atoms with Gasteiger partial charge in [0.15, 0.2) is 28.6 Å². The van der Waals surface area contributed by atoms with Crippen LogP contribution in [-0.4, -0.2) is 32.5 Å². The molecule has 1 aliphatic rings. The number of ether oxygens (including phenoxy) is 2. The lowest BCUT2D eigenvalue weighted by molar-refractivity contribution is -0.137. The molecule has 2 atom stereocenters. The number of carbonyl (C=O) groups is 1. The van der Waals surface area contributed by atoms with Crippen LogP contribution in [0.1, 0.15) is 24.4 Å². The number of fused-ring (bicyclic) bond motifs is 1. The molecule has 0 fully saturated rings. The first-order chi connectivity index (χ1) is 15.2. The SMILES string of the molecule is CC(Sc1nnc(C2COc3ccccc3O2)n1C)C(=O)Nc1cccc(C(F)(F)F)c1. The standard InChI is InChI=1S/C21H19F3N4O3S/c1-12(19(29)25-14-7-5-6-13(10-14)21(22,23)24)32-20-27-26-18(28(20)2)17-11-30-15-8-3-4-9-16(15)31-17/h3-10,12,17H,11H2,1-2H3,(H,25,29). The Balaban J connectivity index is 1.42. The van der Waals surface area contributed by atoms with Crippen LogP contribution in [0.25, 0.3) is 0 Å². The Bertz CT molecular complexity index is 1140. The third-order valence-corrected chi connectivity index (χ3v) is 5.91. The van der Waals surface area contributed by atoms with Crippen molar-refractivity contribution in [2.45, 2.75) is 29.6 Å². The molecule has 11 heteroatoms. The van der Waals surface area contributed by atoms with Gasteiger partial charge in [0.05, 0.1) is 10.8 Å². The highest BCUT2D eigenvalue weighted by Gasteiger charge is 2.31. The van der Waals surface area contributed by atoms with E-state index in [4.69, 9.17) is 9.47 Å². The monoisotopic (exact) mass is 464 g/mol. The lowest BCUT2D eigenvalue weighted by Gasteiger charge is -2.25. The molecule has 0 aliphatic carbocycles. The lowest BCUT2D eigenvalue weighted by Crippen LogP contribution is -2.25. The fourth-order valence-electron chi connectivity index (χ4n) is 3.08. The molecule has 168 valence electrons. The van der Waals surface area contributed by atoms with Crippen LogP contribution >= 0.6 is 11.8 Å². The van der Waals surface area contributed by atoms with Gasteiger partial charge in [0.25, 0.3) is 0 Å². The Morgan fingerprint density at radius 3 is 2.69 bits per heavy atom. The van der Waals surface area contributed by atoms with Crippen LogP contribution < -0.4 is 14.8 Å². The van der Waals surface area contributed by atoms with E-state index in [1.807, 2.05) is 18.2 Å². The number of thioether (sulfide) groups is 1. The molecule has 1 amide bonds.